The minimum Gasteiger partial charge on any atom is -0.368 e. The van der Waals surface area contributed by atoms with Gasteiger partial charge in [0.1, 0.15) is 5.54 Å². The van der Waals surface area contributed by atoms with Crippen LogP contribution in [0.4, 0.5) is 0 Å². The highest BCUT2D eigenvalue weighted by molar-refractivity contribution is 5.85. The molecular weight excluding hydrogens is 264 g/mol. The molecule has 1 heterocycles. The predicted molar refractivity (Wildman–Crippen MR) is 84.0 cm³/mol. The summed E-state index contributed by atoms with van der Waals surface area (Å²) in [7, 11) is 0. The monoisotopic (exact) mass is 292 g/mol. The van der Waals surface area contributed by atoms with E-state index in [1.807, 2.05) is 11.6 Å². The van der Waals surface area contributed by atoms with Crippen LogP contribution < -0.4 is 11.1 Å². The normalized spacial score (nSPS) is 18.0. The molecule has 1 aromatic rings. The minimum absolute atomic E-state index is 0.209. The average Bonchev–Trinajstić information content (AvgIpc) is 3.17. The molecule has 5 heteroatoms. The minimum atomic E-state index is -0.678. The Balaban J connectivity index is 2.37. The number of nitrogens with zero attached hydrogens (tertiary/aromatic N) is 2. The molecule has 118 valence electrons. The summed E-state index contributed by atoms with van der Waals surface area (Å²) in [5.41, 5.74) is 8.58. The van der Waals surface area contributed by atoms with Gasteiger partial charge < -0.3 is 5.73 Å². The summed E-state index contributed by atoms with van der Waals surface area (Å²) in [6, 6.07) is 0.209. The van der Waals surface area contributed by atoms with Gasteiger partial charge in [0.25, 0.3) is 0 Å². The van der Waals surface area contributed by atoms with Gasteiger partial charge in [-0.25, -0.2) is 0 Å². The molecule has 1 amide bonds. The number of carbonyl (C=O) groups excluding carboxylic acids is 1. The van der Waals surface area contributed by atoms with E-state index in [1.54, 1.807) is 0 Å². The van der Waals surface area contributed by atoms with Crippen molar-refractivity contribution in [3.63, 3.8) is 0 Å². The fraction of sp³-hybridized carbons (Fsp3) is 0.750. The standard InChI is InChI=1S/C16H28N4O/c1-6-14-11(4)19-20(12(14)5)9-16(15(17)21,13-7-8-13)18-10(2)3/h10,13,18H,6-9H2,1-5H3,(H2,17,21). The van der Waals surface area contributed by atoms with Crippen LogP contribution in [0.3, 0.4) is 0 Å². The summed E-state index contributed by atoms with van der Waals surface area (Å²) in [4.78, 5) is 12.2. The molecule has 0 spiro atoms. The second kappa shape index (κ2) is 5.79. The topological polar surface area (TPSA) is 72.9 Å². The van der Waals surface area contributed by atoms with Crippen LogP contribution in [0.25, 0.3) is 0 Å². The maximum Gasteiger partial charge on any atom is 0.239 e. The second-order valence-electron chi connectivity index (χ2n) is 6.57. The van der Waals surface area contributed by atoms with Gasteiger partial charge in [0, 0.05) is 11.7 Å². The molecule has 1 aliphatic carbocycles. The van der Waals surface area contributed by atoms with Gasteiger partial charge in [-0.1, -0.05) is 6.92 Å². The van der Waals surface area contributed by atoms with Gasteiger partial charge >= 0.3 is 0 Å². The highest BCUT2D eigenvalue weighted by Gasteiger charge is 2.50. The third-order valence-electron chi connectivity index (χ3n) is 4.54. The number of carbonyl (C=O) groups is 1. The smallest absolute Gasteiger partial charge is 0.239 e. The fourth-order valence-corrected chi connectivity index (χ4v) is 3.37. The van der Waals surface area contributed by atoms with Gasteiger partial charge in [-0.2, -0.15) is 5.10 Å². The lowest BCUT2D eigenvalue weighted by Crippen LogP contribution is -2.62. The van der Waals surface area contributed by atoms with Crippen LogP contribution in [0.1, 0.15) is 50.6 Å². The molecule has 0 aliphatic heterocycles. The number of nitrogens with two attached hydrogens (primary N) is 1. The Labute approximate surface area is 127 Å². The first kappa shape index (κ1) is 16.0. The first-order valence-corrected chi connectivity index (χ1v) is 7.92. The molecular formula is C16H28N4O. The van der Waals surface area contributed by atoms with Crippen LogP contribution in [0.2, 0.25) is 0 Å². The van der Waals surface area contributed by atoms with E-state index in [-0.39, 0.29) is 11.9 Å². The number of rotatable bonds is 7. The van der Waals surface area contributed by atoms with E-state index in [0.29, 0.717) is 12.5 Å². The van der Waals surface area contributed by atoms with Crippen LogP contribution in [0.15, 0.2) is 0 Å². The van der Waals surface area contributed by atoms with E-state index < -0.39 is 5.54 Å². The van der Waals surface area contributed by atoms with Crippen molar-refractivity contribution >= 4 is 5.91 Å². The predicted octanol–water partition coefficient (Wildman–Crippen LogP) is 1.69. The van der Waals surface area contributed by atoms with E-state index in [9.17, 15) is 4.79 Å². The third kappa shape index (κ3) is 2.98. The number of hydrogen-bond donors (Lipinski definition) is 2. The van der Waals surface area contributed by atoms with Gasteiger partial charge in [0.2, 0.25) is 5.91 Å². The summed E-state index contributed by atoms with van der Waals surface area (Å²) in [5.74, 6) is 0.0654. The van der Waals surface area contributed by atoms with Crippen molar-refractivity contribution in [3.05, 3.63) is 17.0 Å². The van der Waals surface area contributed by atoms with Crippen LogP contribution in [0, 0.1) is 19.8 Å². The van der Waals surface area contributed by atoms with E-state index in [0.717, 1.165) is 30.7 Å². The number of nitrogens with one attached hydrogen (secondary N) is 1. The highest BCUT2D eigenvalue weighted by atomic mass is 16.1. The fourth-order valence-electron chi connectivity index (χ4n) is 3.37. The lowest BCUT2D eigenvalue weighted by atomic mass is 9.91. The maximum atomic E-state index is 12.2. The Morgan fingerprint density at radius 2 is 2.10 bits per heavy atom. The first-order valence-electron chi connectivity index (χ1n) is 7.92. The summed E-state index contributed by atoms with van der Waals surface area (Å²) in [5, 5.41) is 8.08. The Kier molecular flexibility index (Phi) is 4.42. The Morgan fingerprint density at radius 1 is 1.48 bits per heavy atom. The molecule has 0 bridgehead atoms. The van der Waals surface area contributed by atoms with Gasteiger partial charge in [-0.15, -0.1) is 0 Å². The van der Waals surface area contributed by atoms with Gasteiger partial charge in [0.05, 0.1) is 12.2 Å². The van der Waals surface area contributed by atoms with E-state index in [4.69, 9.17) is 5.73 Å². The highest BCUT2D eigenvalue weighted by Crippen LogP contribution is 2.41. The third-order valence-corrected chi connectivity index (χ3v) is 4.54. The Hall–Kier alpha value is -1.36. The Morgan fingerprint density at radius 3 is 2.48 bits per heavy atom. The molecule has 1 atom stereocenters. The largest absolute Gasteiger partial charge is 0.368 e. The number of aromatic nitrogens is 2. The molecule has 1 aliphatic rings. The van der Waals surface area contributed by atoms with Crippen molar-refractivity contribution in [1.82, 2.24) is 15.1 Å². The molecule has 1 fully saturated rings. The van der Waals surface area contributed by atoms with Crippen molar-refractivity contribution < 1.29 is 4.79 Å². The van der Waals surface area contributed by atoms with Gasteiger partial charge in [-0.3, -0.25) is 14.8 Å². The van der Waals surface area contributed by atoms with Crippen molar-refractivity contribution in [3.8, 4) is 0 Å². The molecule has 1 aromatic heterocycles. The zero-order chi connectivity index (χ0) is 15.8. The quantitative estimate of drug-likeness (QED) is 0.803. The Bertz CT molecular complexity index is 531. The van der Waals surface area contributed by atoms with Crippen molar-refractivity contribution in [1.29, 1.82) is 0 Å². The number of amides is 1. The second-order valence-corrected chi connectivity index (χ2v) is 6.57. The van der Waals surface area contributed by atoms with Crippen molar-refractivity contribution in [2.75, 3.05) is 0 Å². The summed E-state index contributed by atoms with van der Waals surface area (Å²) < 4.78 is 1.96. The van der Waals surface area contributed by atoms with Gasteiger partial charge in [0.15, 0.2) is 0 Å². The molecule has 5 nitrogen and oxygen atoms in total. The molecule has 3 N–H and O–H groups in total. The van der Waals surface area contributed by atoms with Crippen LogP contribution >= 0.6 is 0 Å². The molecule has 1 saturated carbocycles. The molecule has 0 saturated heterocycles. The summed E-state index contributed by atoms with van der Waals surface area (Å²) >= 11 is 0. The molecule has 21 heavy (non-hydrogen) atoms. The maximum absolute atomic E-state index is 12.2. The number of aryl methyl sites for hydroxylation is 1. The van der Waals surface area contributed by atoms with E-state index in [2.05, 4.69) is 38.1 Å². The van der Waals surface area contributed by atoms with E-state index in [1.165, 1.54) is 5.56 Å². The molecule has 0 aromatic carbocycles. The zero-order valence-corrected chi connectivity index (χ0v) is 13.9. The van der Waals surface area contributed by atoms with Crippen LogP contribution in [0.5, 0.6) is 0 Å². The van der Waals surface area contributed by atoms with E-state index >= 15 is 0 Å². The summed E-state index contributed by atoms with van der Waals surface area (Å²) in [6.45, 7) is 10.9. The van der Waals surface area contributed by atoms with Gasteiger partial charge in [-0.05, 0) is 58.4 Å². The number of primary amides is 1. The van der Waals surface area contributed by atoms with Crippen molar-refractivity contribution in [2.24, 2.45) is 11.7 Å². The van der Waals surface area contributed by atoms with Crippen LogP contribution in [-0.2, 0) is 17.8 Å². The lowest BCUT2D eigenvalue weighted by Gasteiger charge is -2.34. The number of hydrogen-bond acceptors (Lipinski definition) is 3. The van der Waals surface area contributed by atoms with Crippen molar-refractivity contribution in [2.45, 2.75) is 72.0 Å². The SMILES string of the molecule is CCc1c(C)nn(CC(NC(C)C)(C(N)=O)C2CC2)c1C. The molecule has 1 unspecified atom stereocenters. The molecule has 0 radical (unpaired) electrons. The summed E-state index contributed by atoms with van der Waals surface area (Å²) in [6.07, 6.45) is 3.08. The first-order chi connectivity index (χ1) is 9.81. The lowest BCUT2D eigenvalue weighted by molar-refractivity contribution is -0.126. The average molecular weight is 292 g/mol. The van der Waals surface area contributed by atoms with Crippen LogP contribution in [-0.4, -0.2) is 27.3 Å². The zero-order valence-electron chi connectivity index (χ0n) is 13.9. The molecule has 2 rings (SSSR count).